The highest BCUT2D eigenvalue weighted by Gasteiger charge is 2.42. The Morgan fingerprint density at radius 2 is 1.61 bits per heavy atom. The van der Waals surface area contributed by atoms with Gasteiger partial charge in [0, 0.05) is 0 Å². The van der Waals surface area contributed by atoms with Crippen LogP contribution in [-0.2, 0) is 4.79 Å². The number of carboxylic acid groups (broad SMARTS) is 1. The van der Waals surface area contributed by atoms with Gasteiger partial charge in [-0.3, -0.25) is 19.3 Å². The van der Waals surface area contributed by atoms with E-state index in [1.54, 1.807) is 36.4 Å². The number of carbonyl (C=O) groups is 4. The van der Waals surface area contributed by atoms with Crippen molar-refractivity contribution < 1.29 is 24.3 Å². The number of benzene rings is 2. The van der Waals surface area contributed by atoms with Gasteiger partial charge in [0.15, 0.2) is 0 Å². The first kappa shape index (κ1) is 19.6. The highest BCUT2D eigenvalue weighted by molar-refractivity contribution is 7.98. The van der Waals surface area contributed by atoms with Crippen molar-refractivity contribution >= 4 is 41.1 Å². The van der Waals surface area contributed by atoms with E-state index >= 15 is 0 Å². The van der Waals surface area contributed by atoms with Gasteiger partial charge in [-0.05, 0) is 42.7 Å². The van der Waals surface area contributed by atoms with Crippen LogP contribution in [0.1, 0.15) is 37.5 Å². The molecule has 3 amide bonds. The van der Waals surface area contributed by atoms with E-state index in [0.717, 1.165) is 4.90 Å². The molecule has 2 aromatic carbocycles. The predicted molar refractivity (Wildman–Crippen MR) is 106 cm³/mol. The minimum atomic E-state index is -1.18. The Hall–Kier alpha value is -3.13. The third-order valence-electron chi connectivity index (χ3n) is 4.45. The van der Waals surface area contributed by atoms with E-state index in [-0.39, 0.29) is 28.8 Å². The van der Waals surface area contributed by atoms with Gasteiger partial charge in [-0.1, -0.05) is 24.3 Å². The van der Waals surface area contributed by atoms with Crippen molar-refractivity contribution in [2.75, 3.05) is 17.3 Å². The molecule has 0 aliphatic carbocycles. The second-order valence-electron chi connectivity index (χ2n) is 6.16. The fourth-order valence-electron chi connectivity index (χ4n) is 3.09. The van der Waals surface area contributed by atoms with E-state index < -0.39 is 29.7 Å². The average Bonchev–Trinajstić information content (AvgIpc) is 2.94. The molecule has 2 N–H and O–H groups in total. The van der Waals surface area contributed by atoms with Gasteiger partial charge in [-0.2, -0.15) is 11.8 Å². The first-order valence-electron chi connectivity index (χ1n) is 8.54. The van der Waals surface area contributed by atoms with Crippen molar-refractivity contribution in [3.8, 4) is 0 Å². The van der Waals surface area contributed by atoms with Crippen molar-refractivity contribution in [1.29, 1.82) is 0 Å². The summed E-state index contributed by atoms with van der Waals surface area (Å²) in [7, 11) is 0. The molecule has 3 rings (SSSR count). The standard InChI is InChI=1S/C20H18N2O5S/c1-28-11-10-16(17(23)21-15-9-5-4-8-14(15)20(26)27)22-18(24)12-6-2-3-7-13(12)19(22)25/h2-9,16H,10-11H2,1H3,(H,21,23)(H,26,27). The molecule has 8 heteroatoms. The zero-order valence-electron chi connectivity index (χ0n) is 15.0. The van der Waals surface area contributed by atoms with Crippen LogP contribution in [0.25, 0.3) is 0 Å². The fourth-order valence-corrected chi connectivity index (χ4v) is 3.55. The predicted octanol–water partition coefficient (Wildman–Crippen LogP) is 2.74. The largest absolute Gasteiger partial charge is 0.478 e. The lowest BCUT2D eigenvalue weighted by molar-refractivity contribution is -0.120. The SMILES string of the molecule is CSCCC(C(=O)Nc1ccccc1C(=O)O)N1C(=O)c2ccccc2C1=O. The second-order valence-corrected chi connectivity index (χ2v) is 7.15. The molecule has 0 spiro atoms. The van der Waals surface area contributed by atoms with Crippen molar-refractivity contribution in [1.82, 2.24) is 4.90 Å². The first-order valence-corrected chi connectivity index (χ1v) is 9.94. The van der Waals surface area contributed by atoms with Gasteiger partial charge in [0.25, 0.3) is 11.8 Å². The van der Waals surface area contributed by atoms with Crippen LogP contribution in [0.2, 0.25) is 0 Å². The maximum absolute atomic E-state index is 13.0. The molecule has 1 aliphatic heterocycles. The summed E-state index contributed by atoms with van der Waals surface area (Å²) in [4.78, 5) is 50.9. The lowest BCUT2D eigenvalue weighted by atomic mass is 10.1. The number of hydrogen-bond donors (Lipinski definition) is 2. The van der Waals surface area contributed by atoms with E-state index in [1.165, 1.54) is 23.9 Å². The van der Waals surface area contributed by atoms with Crippen LogP contribution in [-0.4, -0.2) is 51.7 Å². The van der Waals surface area contributed by atoms with Gasteiger partial charge >= 0.3 is 5.97 Å². The van der Waals surface area contributed by atoms with E-state index in [1.807, 2.05) is 6.26 Å². The third-order valence-corrected chi connectivity index (χ3v) is 5.09. The topological polar surface area (TPSA) is 104 Å². The van der Waals surface area contributed by atoms with Crippen molar-refractivity contribution in [3.05, 3.63) is 65.2 Å². The summed E-state index contributed by atoms with van der Waals surface area (Å²) < 4.78 is 0. The molecule has 2 aromatic rings. The lowest BCUT2D eigenvalue weighted by Gasteiger charge is -2.25. The summed E-state index contributed by atoms with van der Waals surface area (Å²) >= 11 is 1.48. The Bertz CT molecular complexity index is 924. The van der Waals surface area contributed by atoms with Gasteiger partial charge in [-0.25, -0.2) is 4.79 Å². The van der Waals surface area contributed by atoms with Crippen LogP contribution in [0.4, 0.5) is 5.69 Å². The molecular formula is C20H18N2O5S. The Morgan fingerprint density at radius 3 is 2.18 bits per heavy atom. The number of fused-ring (bicyclic) bond motifs is 1. The van der Waals surface area contributed by atoms with Crippen LogP contribution >= 0.6 is 11.8 Å². The number of amides is 3. The number of aromatic carboxylic acids is 1. The summed E-state index contributed by atoms with van der Waals surface area (Å²) in [6, 6.07) is 11.4. The molecule has 0 fully saturated rings. The minimum Gasteiger partial charge on any atom is -0.478 e. The molecule has 1 atom stereocenters. The minimum absolute atomic E-state index is 0.0678. The summed E-state index contributed by atoms with van der Waals surface area (Å²) in [5.74, 6) is -2.28. The van der Waals surface area contributed by atoms with E-state index in [2.05, 4.69) is 5.32 Å². The highest BCUT2D eigenvalue weighted by Crippen LogP contribution is 2.27. The number of imide groups is 1. The molecule has 0 radical (unpaired) electrons. The number of para-hydroxylation sites is 1. The maximum Gasteiger partial charge on any atom is 0.337 e. The maximum atomic E-state index is 13.0. The van der Waals surface area contributed by atoms with Crippen molar-refractivity contribution in [2.45, 2.75) is 12.5 Å². The smallest absolute Gasteiger partial charge is 0.337 e. The quantitative estimate of drug-likeness (QED) is 0.695. The van der Waals surface area contributed by atoms with Crippen molar-refractivity contribution in [3.63, 3.8) is 0 Å². The number of hydrogen-bond acceptors (Lipinski definition) is 5. The van der Waals surface area contributed by atoms with E-state index in [0.29, 0.717) is 5.75 Å². The first-order chi connectivity index (χ1) is 13.5. The Balaban J connectivity index is 1.91. The van der Waals surface area contributed by atoms with Gasteiger partial charge in [0.05, 0.1) is 22.4 Å². The van der Waals surface area contributed by atoms with Crippen LogP contribution < -0.4 is 5.32 Å². The summed E-state index contributed by atoms with van der Waals surface area (Å²) in [5, 5.41) is 11.9. The normalized spacial score (nSPS) is 14.0. The summed E-state index contributed by atoms with van der Waals surface area (Å²) in [6.07, 6.45) is 2.12. The molecule has 28 heavy (non-hydrogen) atoms. The summed E-state index contributed by atoms with van der Waals surface area (Å²) in [6.45, 7) is 0. The molecule has 0 saturated carbocycles. The monoisotopic (exact) mass is 398 g/mol. The zero-order valence-corrected chi connectivity index (χ0v) is 15.9. The second kappa shape index (κ2) is 8.26. The van der Waals surface area contributed by atoms with E-state index in [4.69, 9.17) is 0 Å². The van der Waals surface area contributed by atoms with Crippen LogP contribution in [0.15, 0.2) is 48.5 Å². The van der Waals surface area contributed by atoms with Gasteiger partial charge in [0.1, 0.15) is 6.04 Å². The highest BCUT2D eigenvalue weighted by atomic mass is 32.2. The Morgan fingerprint density at radius 1 is 1.04 bits per heavy atom. The molecule has 0 bridgehead atoms. The number of rotatable bonds is 7. The Labute approximate surface area is 165 Å². The van der Waals surface area contributed by atoms with Crippen LogP contribution in [0.5, 0.6) is 0 Å². The molecule has 144 valence electrons. The lowest BCUT2D eigenvalue weighted by Crippen LogP contribution is -2.47. The Kier molecular flexibility index (Phi) is 5.79. The van der Waals surface area contributed by atoms with Crippen molar-refractivity contribution in [2.24, 2.45) is 0 Å². The number of nitrogens with zero attached hydrogens (tertiary/aromatic N) is 1. The molecule has 0 saturated heterocycles. The van der Waals surface area contributed by atoms with Gasteiger partial charge in [-0.15, -0.1) is 0 Å². The molecular weight excluding hydrogens is 380 g/mol. The molecule has 0 aromatic heterocycles. The van der Waals surface area contributed by atoms with E-state index in [9.17, 15) is 24.3 Å². The number of carbonyl (C=O) groups excluding carboxylic acids is 3. The number of thioether (sulfide) groups is 1. The molecule has 1 aliphatic rings. The summed E-state index contributed by atoms with van der Waals surface area (Å²) in [5.41, 5.74) is 0.577. The number of nitrogens with one attached hydrogen (secondary N) is 1. The molecule has 1 heterocycles. The van der Waals surface area contributed by atoms with Gasteiger partial charge < -0.3 is 10.4 Å². The molecule has 1 unspecified atom stereocenters. The third kappa shape index (κ3) is 3.63. The fraction of sp³-hybridized carbons (Fsp3) is 0.200. The zero-order chi connectivity index (χ0) is 20.3. The van der Waals surface area contributed by atoms with Crippen LogP contribution in [0.3, 0.4) is 0 Å². The van der Waals surface area contributed by atoms with Gasteiger partial charge in [0.2, 0.25) is 5.91 Å². The molecule has 7 nitrogen and oxygen atoms in total. The average molecular weight is 398 g/mol. The number of carboxylic acids is 1. The number of anilines is 1. The van der Waals surface area contributed by atoms with Crippen LogP contribution in [0, 0.1) is 0 Å².